The number of nitrogens with zero attached hydrogens (tertiary/aromatic N) is 3. The number of nitrogens with one attached hydrogen (secondary N) is 1. The van der Waals surface area contributed by atoms with E-state index >= 15 is 0 Å². The molecule has 88 valence electrons. The van der Waals surface area contributed by atoms with Crippen molar-refractivity contribution in [2.24, 2.45) is 7.05 Å². The van der Waals surface area contributed by atoms with Gasteiger partial charge in [-0.05, 0) is 0 Å². The second kappa shape index (κ2) is 4.20. The largest absolute Gasteiger partial charge is 0.396 e. The molecular weight excluding hydrogens is 225 g/mol. The Balaban J connectivity index is 2.23. The van der Waals surface area contributed by atoms with Crippen LogP contribution >= 0.6 is 0 Å². The maximum absolute atomic E-state index is 12.9. The zero-order chi connectivity index (χ0) is 12.4. The molecule has 0 bridgehead atoms. The maximum Gasteiger partial charge on any atom is 0.276 e. The molecule has 0 unspecified atom stereocenters. The number of carbonyl (C=O) groups excluding carboxylic acids is 1. The summed E-state index contributed by atoms with van der Waals surface area (Å²) in [5.41, 5.74) is 6.33. The summed E-state index contributed by atoms with van der Waals surface area (Å²) in [4.78, 5) is 15.4. The molecule has 2 rings (SSSR count). The summed E-state index contributed by atoms with van der Waals surface area (Å²) in [5.74, 6) is -0.990. The first-order chi connectivity index (χ1) is 8.08. The van der Waals surface area contributed by atoms with Crippen LogP contribution in [0.2, 0.25) is 0 Å². The van der Waals surface area contributed by atoms with Crippen molar-refractivity contribution >= 4 is 17.3 Å². The summed E-state index contributed by atoms with van der Waals surface area (Å²) in [6, 6.07) is 1.16. The molecule has 0 saturated carbocycles. The Bertz CT molecular complexity index is 546. The highest BCUT2D eigenvalue weighted by Crippen LogP contribution is 2.13. The maximum atomic E-state index is 12.9. The highest BCUT2D eigenvalue weighted by molar-refractivity contribution is 6.06. The number of pyridine rings is 1. The topological polar surface area (TPSA) is 85.8 Å². The van der Waals surface area contributed by atoms with Crippen LogP contribution in [0.4, 0.5) is 15.8 Å². The molecule has 7 heteroatoms. The van der Waals surface area contributed by atoms with Gasteiger partial charge in [0.2, 0.25) is 0 Å². The first-order valence-electron chi connectivity index (χ1n) is 4.77. The van der Waals surface area contributed by atoms with E-state index in [0.717, 1.165) is 12.3 Å². The van der Waals surface area contributed by atoms with E-state index in [0.29, 0.717) is 0 Å². The van der Waals surface area contributed by atoms with E-state index in [-0.39, 0.29) is 17.1 Å². The number of aryl methyl sites for hydroxylation is 1. The lowest BCUT2D eigenvalue weighted by Gasteiger charge is -2.05. The number of carbonyl (C=O) groups is 1. The van der Waals surface area contributed by atoms with E-state index in [1.165, 1.54) is 17.1 Å². The van der Waals surface area contributed by atoms with Gasteiger partial charge < -0.3 is 11.1 Å². The third kappa shape index (κ3) is 2.22. The predicted molar refractivity (Wildman–Crippen MR) is 59.8 cm³/mol. The molecule has 0 aliphatic heterocycles. The minimum atomic E-state index is -0.527. The van der Waals surface area contributed by atoms with Gasteiger partial charge in [-0.2, -0.15) is 5.10 Å². The summed E-state index contributed by atoms with van der Waals surface area (Å²) in [5, 5.41) is 6.32. The lowest BCUT2D eigenvalue weighted by molar-refractivity contribution is 0.101. The molecule has 3 N–H and O–H groups in total. The van der Waals surface area contributed by atoms with Crippen LogP contribution in [0.1, 0.15) is 10.5 Å². The van der Waals surface area contributed by atoms with E-state index in [9.17, 15) is 9.18 Å². The average molecular weight is 235 g/mol. The van der Waals surface area contributed by atoms with Gasteiger partial charge in [0.05, 0.1) is 30.0 Å². The van der Waals surface area contributed by atoms with E-state index < -0.39 is 11.7 Å². The molecule has 1 amide bonds. The van der Waals surface area contributed by atoms with Gasteiger partial charge >= 0.3 is 0 Å². The lowest BCUT2D eigenvalue weighted by atomic mass is 10.3. The van der Waals surface area contributed by atoms with Gasteiger partial charge in [0, 0.05) is 13.1 Å². The summed E-state index contributed by atoms with van der Waals surface area (Å²) in [6.45, 7) is 0. The fraction of sp³-hybridized carbons (Fsp3) is 0.100. The molecule has 17 heavy (non-hydrogen) atoms. The zero-order valence-electron chi connectivity index (χ0n) is 9.01. The molecule has 2 heterocycles. The second-order valence-corrected chi connectivity index (χ2v) is 3.42. The van der Waals surface area contributed by atoms with Crippen LogP contribution in [0, 0.1) is 5.82 Å². The van der Waals surface area contributed by atoms with Crippen molar-refractivity contribution in [2.75, 3.05) is 11.1 Å². The minimum Gasteiger partial charge on any atom is -0.396 e. The molecule has 0 aliphatic rings. The highest BCUT2D eigenvalue weighted by atomic mass is 19.1. The first-order valence-corrected chi connectivity index (χ1v) is 4.77. The van der Waals surface area contributed by atoms with Crippen molar-refractivity contribution < 1.29 is 9.18 Å². The number of rotatable bonds is 2. The molecule has 0 fully saturated rings. The van der Waals surface area contributed by atoms with Crippen LogP contribution in [0.25, 0.3) is 0 Å². The average Bonchev–Trinajstić information content (AvgIpc) is 2.58. The number of nitrogens with two attached hydrogens (primary N) is 1. The Morgan fingerprint density at radius 1 is 1.47 bits per heavy atom. The van der Waals surface area contributed by atoms with E-state index in [1.54, 1.807) is 7.05 Å². The van der Waals surface area contributed by atoms with Crippen LogP contribution in [-0.4, -0.2) is 20.7 Å². The molecule has 0 saturated heterocycles. The summed E-state index contributed by atoms with van der Waals surface area (Å²) >= 11 is 0. The third-order valence-electron chi connectivity index (χ3n) is 2.14. The van der Waals surface area contributed by atoms with Crippen molar-refractivity contribution in [1.29, 1.82) is 0 Å². The van der Waals surface area contributed by atoms with Gasteiger partial charge in [-0.1, -0.05) is 0 Å². The summed E-state index contributed by atoms with van der Waals surface area (Å²) in [7, 11) is 1.59. The Labute approximate surface area is 96.3 Å². The van der Waals surface area contributed by atoms with Gasteiger partial charge in [-0.15, -0.1) is 0 Å². The fourth-order valence-corrected chi connectivity index (χ4v) is 1.40. The molecule has 0 atom stereocenters. The minimum absolute atomic E-state index is 0.217. The van der Waals surface area contributed by atoms with Gasteiger partial charge in [-0.3, -0.25) is 14.5 Å². The highest BCUT2D eigenvalue weighted by Gasteiger charge is 2.15. The quantitative estimate of drug-likeness (QED) is 0.805. The van der Waals surface area contributed by atoms with Crippen LogP contribution in [-0.2, 0) is 7.05 Å². The number of nitrogen functional groups attached to an aromatic ring is 1. The van der Waals surface area contributed by atoms with Crippen LogP contribution in [0.15, 0.2) is 24.7 Å². The summed E-state index contributed by atoms with van der Waals surface area (Å²) < 4.78 is 14.2. The Hall–Kier alpha value is -2.44. The number of anilines is 2. The Kier molecular flexibility index (Phi) is 2.73. The molecule has 0 aliphatic carbocycles. The van der Waals surface area contributed by atoms with Gasteiger partial charge in [0.1, 0.15) is 11.5 Å². The van der Waals surface area contributed by atoms with E-state index in [4.69, 9.17) is 5.73 Å². The van der Waals surface area contributed by atoms with Crippen molar-refractivity contribution in [3.8, 4) is 0 Å². The lowest BCUT2D eigenvalue weighted by Crippen LogP contribution is -2.17. The van der Waals surface area contributed by atoms with Crippen molar-refractivity contribution in [3.05, 3.63) is 36.2 Å². The van der Waals surface area contributed by atoms with Gasteiger partial charge in [-0.25, -0.2) is 4.39 Å². The first kappa shape index (κ1) is 11.1. The third-order valence-corrected chi connectivity index (χ3v) is 2.14. The molecule has 0 spiro atoms. The molecule has 6 nitrogen and oxygen atoms in total. The van der Waals surface area contributed by atoms with Crippen molar-refractivity contribution in [3.63, 3.8) is 0 Å². The predicted octanol–water partition coefficient (Wildman–Crippen LogP) is 0.789. The molecule has 2 aromatic rings. The smallest absolute Gasteiger partial charge is 0.276 e. The number of halogens is 1. The van der Waals surface area contributed by atoms with Crippen LogP contribution in [0.3, 0.4) is 0 Å². The molecular formula is C10H10FN5O. The van der Waals surface area contributed by atoms with Crippen LogP contribution < -0.4 is 11.1 Å². The normalized spacial score (nSPS) is 10.2. The zero-order valence-corrected chi connectivity index (χ0v) is 9.01. The standard InChI is InChI=1S/C10H10FN5O/c1-16-9(8(12)5-14-16)10(17)15-7-2-6(11)3-13-4-7/h2-5H,12H2,1H3,(H,15,17). The van der Waals surface area contributed by atoms with Crippen molar-refractivity contribution in [1.82, 2.24) is 14.8 Å². The van der Waals surface area contributed by atoms with E-state index in [1.807, 2.05) is 0 Å². The number of amides is 1. The van der Waals surface area contributed by atoms with Gasteiger partial charge in [0.25, 0.3) is 5.91 Å². The van der Waals surface area contributed by atoms with E-state index in [2.05, 4.69) is 15.4 Å². The van der Waals surface area contributed by atoms with Gasteiger partial charge in [0.15, 0.2) is 0 Å². The SMILES string of the molecule is Cn1ncc(N)c1C(=O)Nc1cncc(F)c1. The molecule has 0 aromatic carbocycles. The fourth-order valence-electron chi connectivity index (χ4n) is 1.40. The number of hydrogen-bond donors (Lipinski definition) is 2. The molecule has 2 aromatic heterocycles. The Morgan fingerprint density at radius 2 is 2.24 bits per heavy atom. The number of hydrogen-bond acceptors (Lipinski definition) is 4. The van der Waals surface area contributed by atoms with Crippen LogP contribution in [0.5, 0.6) is 0 Å². The Morgan fingerprint density at radius 3 is 2.82 bits per heavy atom. The summed E-state index contributed by atoms with van der Waals surface area (Å²) in [6.07, 6.45) is 3.76. The monoisotopic (exact) mass is 235 g/mol. The van der Waals surface area contributed by atoms with Crippen molar-refractivity contribution in [2.45, 2.75) is 0 Å². The number of aromatic nitrogens is 3. The molecule has 0 radical (unpaired) electrons. The second-order valence-electron chi connectivity index (χ2n) is 3.42.